The molecule has 3 atom stereocenters. The number of nitrogens with one attached hydrogen (secondary N) is 1. The first-order valence-corrected chi connectivity index (χ1v) is 6.12. The van der Waals surface area contributed by atoms with Gasteiger partial charge in [0.1, 0.15) is 0 Å². The van der Waals surface area contributed by atoms with Gasteiger partial charge in [0.15, 0.2) is 0 Å². The van der Waals surface area contributed by atoms with E-state index in [0.717, 1.165) is 0 Å². The smallest absolute Gasteiger partial charge is 0.307 e. The van der Waals surface area contributed by atoms with E-state index in [9.17, 15) is 9.59 Å². The second-order valence-corrected chi connectivity index (χ2v) is 5.13. The maximum Gasteiger partial charge on any atom is 0.307 e. The number of hydrogen-bond donors (Lipinski definition) is 2. The number of aliphatic carboxylic acids is 1. The summed E-state index contributed by atoms with van der Waals surface area (Å²) in [4.78, 5) is 22.4. The van der Waals surface area contributed by atoms with Gasteiger partial charge in [0, 0.05) is 6.04 Å². The normalized spacial score (nSPS) is 31.1. The lowest BCUT2D eigenvalue weighted by molar-refractivity contribution is -0.140. The second-order valence-electron chi connectivity index (χ2n) is 5.13. The Labute approximate surface area is 95.4 Å². The highest BCUT2D eigenvalue weighted by molar-refractivity contribution is 5.89. The van der Waals surface area contributed by atoms with E-state index in [2.05, 4.69) is 5.32 Å². The van der Waals surface area contributed by atoms with E-state index >= 15 is 0 Å². The molecule has 0 aromatic rings. The van der Waals surface area contributed by atoms with Crippen molar-refractivity contribution in [2.75, 3.05) is 0 Å². The summed E-state index contributed by atoms with van der Waals surface area (Å²) in [5.74, 6) is -1.02. The van der Waals surface area contributed by atoms with Crippen molar-refractivity contribution >= 4 is 11.9 Å². The molecule has 0 saturated heterocycles. The quantitative estimate of drug-likeness (QED) is 0.760. The van der Waals surface area contributed by atoms with Crippen LogP contribution in [0.4, 0.5) is 0 Å². The minimum absolute atomic E-state index is 0.0631. The summed E-state index contributed by atoms with van der Waals surface area (Å²) in [6.45, 7) is 2.03. The van der Waals surface area contributed by atoms with E-state index in [1.807, 2.05) is 6.92 Å². The Hall–Kier alpha value is -1.06. The van der Waals surface area contributed by atoms with Crippen LogP contribution >= 0.6 is 0 Å². The van der Waals surface area contributed by atoms with Crippen molar-refractivity contribution in [3.63, 3.8) is 0 Å². The number of hydrogen-bond acceptors (Lipinski definition) is 2. The van der Waals surface area contributed by atoms with Gasteiger partial charge in [-0.2, -0.15) is 0 Å². The van der Waals surface area contributed by atoms with E-state index in [1.54, 1.807) is 0 Å². The number of carboxylic acid groups (broad SMARTS) is 1. The Kier molecular flexibility index (Phi) is 3.17. The molecule has 0 bridgehead atoms. The van der Waals surface area contributed by atoms with Crippen molar-refractivity contribution in [2.24, 2.45) is 17.8 Å². The topological polar surface area (TPSA) is 66.4 Å². The Morgan fingerprint density at radius 1 is 1.25 bits per heavy atom. The fourth-order valence-corrected chi connectivity index (χ4v) is 2.66. The predicted octanol–water partition coefficient (Wildman–Crippen LogP) is 1.40. The molecule has 2 fully saturated rings. The van der Waals surface area contributed by atoms with E-state index in [0.29, 0.717) is 12.3 Å². The summed E-state index contributed by atoms with van der Waals surface area (Å²) < 4.78 is 0. The summed E-state index contributed by atoms with van der Waals surface area (Å²) >= 11 is 0. The average molecular weight is 225 g/mol. The van der Waals surface area contributed by atoms with Gasteiger partial charge in [-0.25, -0.2) is 0 Å². The number of carboxylic acids is 1. The summed E-state index contributed by atoms with van der Waals surface area (Å²) in [5.41, 5.74) is 0. The van der Waals surface area contributed by atoms with Crippen molar-refractivity contribution < 1.29 is 14.7 Å². The van der Waals surface area contributed by atoms with Crippen molar-refractivity contribution in [1.82, 2.24) is 5.32 Å². The van der Waals surface area contributed by atoms with E-state index in [1.165, 1.54) is 25.7 Å². The lowest BCUT2D eigenvalue weighted by Crippen LogP contribution is -2.38. The van der Waals surface area contributed by atoms with Crippen LogP contribution in [0.3, 0.4) is 0 Å². The summed E-state index contributed by atoms with van der Waals surface area (Å²) in [5, 5.41) is 11.7. The Morgan fingerprint density at radius 2 is 1.88 bits per heavy atom. The monoisotopic (exact) mass is 225 g/mol. The number of amides is 1. The van der Waals surface area contributed by atoms with Gasteiger partial charge in [-0.15, -0.1) is 0 Å². The molecule has 2 N–H and O–H groups in total. The molecule has 4 nitrogen and oxygen atoms in total. The molecule has 90 valence electrons. The second kappa shape index (κ2) is 4.44. The summed E-state index contributed by atoms with van der Waals surface area (Å²) in [7, 11) is 0. The van der Waals surface area contributed by atoms with Crippen LogP contribution in [-0.4, -0.2) is 23.0 Å². The molecular weight excluding hydrogens is 206 g/mol. The molecule has 2 rings (SSSR count). The molecule has 2 aliphatic carbocycles. The fourth-order valence-electron chi connectivity index (χ4n) is 2.66. The molecule has 0 aliphatic heterocycles. The molecular formula is C12H19NO3. The Bertz CT molecular complexity index is 297. The molecule has 0 aromatic heterocycles. The zero-order valence-electron chi connectivity index (χ0n) is 9.61. The fraction of sp³-hybridized carbons (Fsp3) is 0.833. The third-order valence-corrected chi connectivity index (χ3v) is 3.92. The lowest BCUT2D eigenvalue weighted by atomic mass is 9.99. The molecule has 2 aliphatic rings. The Morgan fingerprint density at radius 3 is 2.38 bits per heavy atom. The summed E-state index contributed by atoms with van der Waals surface area (Å²) in [6, 6.07) is 0.199. The lowest BCUT2D eigenvalue weighted by Gasteiger charge is -2.20. The van der Waals surface area contributed by atoms with Crippen molar-refractivity contribution in [3.8, 4) is 0 Å². The van der Waals surface area contributed by atoms with Crippen molar-refractivity contribution in [3.05, 3.63) is 0 Å². The molecule has 0 spiro atoms. The van der Waals surface area contributed by atoms with Gasteiger partial charge in [-0.05, 0) is 32.1 Å². The highest BCUT2D eigenvalue weighted by atomic mass is 16.4. The van der Waals surface area contributed by atoms with Crippen LogP contribution in [-0.2, 0) is 9.59 Å². The van der Waals surface area contributed by atoms with E-state index in [-0.39, 0.29) is 17.9 Å². The van der Waals surface area contributed by atoms with Crippen molar-refractivity contribution in [2.45, 2.75) is 45.1 Å². The first kappa shape index (κ1) is 11.4. The van der Waals surface area contributed by atoms with E-state index < -0.39 is 11.9 Å². The van der Waals surface area contributed by atoms with Gasteiger partial charge in [-0.1, -0.05) is 12.8 Å². The first-order chi connectivity index (χ1) is 7.59. The number of carbonyl (C=O) groups excluding carboxylic acids is 1. The standard InChI is InChI=1S/C12H19NO3/c1-7(8-4-2-3-5-8)13-11(14)9-6-10(9)12(15)16/h7-10H,2-6H2,1H3,(H,13,14)(H,15,16)/t7-,9?,10?/m0/s1. The molecule has 0 radical (unpaired) electrons. The van der Waals surface area contributed by atoms with Crippen molar-refractivity contribution in [1.29, 1.82) is 0 Å². The molecule has 16 heavy (non-hydrogen) atoms. The minimum Gasteiger partial charge on any atom is -0.481 e. The maximum absolute atomic E-state index is 11.7. The third kappa shape index (κ3) is 2.36. The van der Waals surface area contributed by atoms with Gasteiger partial charge >= 0.3 is 5.97 Å². The molecule has 2 unspecified atom stereocenters. The van der Waals surface area contributed by atoms with Crippen LogP contribution in [0.25, 0.3) is 0 Å². The van der Waals surface area contributed by atoms with Gasteiger partial charge < -0.3 is 10.4 Å². The average Bonchev–Trinajstić information content (AvgIpc) is 2.85. The molecule has 0 heterocycles. The van der Waals surface area contributed by atoms with Crippen LogP contribution in [0.5, 0.6) is 0 Å². The SMILES string of the molecule is C[C@H](NC(=O)C1CC1C(=O)O)C1CCCC1. The third-order valence-electron chi connectivity index (χ3n) is 3.92. The zero-order chi connectivity index (χ0) is 11.7. The highest BCUT2D eigenvalue weighted by Crippen LogP contribution is 2.39. The predicted molar refractivity (Wildman–Crippen MR) is 58.8 cm³/mol. The minimum atomic E-state index is -0.839. The van der Waals surface area contributed by atoms with Gasteiger partial charge in [0.25, 0.3) is 0 Å². The van der Waals surface area contributed by atoms with Crippen LogP contribution in [0, 0.1) is 17.8 Å². The first-order valence-electron chi connectivity index (χ1n) is 6.12. The maximum atomic E-state index is 11.7. The number of carbonyl (C=O) groups is 2. The Balaban J connectivity index is 1.77. The molecule has 4 heteroatoms. The van der Waals surface area contributed by atoms with Crippen LogP contribution < -0.4 is 5.32 Å². The largest absolute Gasteiger partial charge is 0.481 e. The van der Waals surface area contributed by atoms with Gasteiger partial charge in [0.2, 0.25) is 5.91 Å². The zero-order valence-corrected chi connectivity index (χ0v) is 9.61. The van der Waals surface area contributed by atoms with Gasteiger partial charge in [-0.3, -0.25) is 9.59 Å². The molecule has 0 aromatic carbocycles. The van der Waals surface area contributed by atoms with Crippen LogP contribution in [0.2, 0.25) is 0 Å². The molecule has 2 saturated carbocycles. The van der Waals surface area contributed by atoms with Gasteiger partial charge in [0.05, 0.1) is 11.8 Å². The molecule has 1 amide bonds. The summed E-state index contributed by atoms with van der Waals surface area (Å²) in [6.07, 6.45) is 5.40. The van der Waals surface area contributed by atoms with Crippen LogP contribution in [0.1, 0.15) is 39.0 Å². The number of rotatable bonds is 4. The van der Waals surface area contributed by atoms with E-state index in [4.69, 9.17) is 5.11 Å². The van der Waals surface area contributed by atoms with Crippen LogP contribution in [0.15, 0.2) is 0 Å². The highest BCUT2D eigenvalue weighted by Gasteiger charge is 2.48.